The highest BCUT2D eigenvalue weighted by Gasteiger charge is 2.32. The van der Waals surface area contributed by atoms with Gasteiger partial charge in [-0.2, -0.15) is 23.5 Å². The molecular weight excluding hydrogens is 235 g/mol. The Balaban J connectivity index is 3.12. The molecule has 0 saturated heterocycles. The number of hydrogen-bond donors (Lipinski definition) is 2. The Morgan fingerprint density at radius 2 is 2.12 bits per heavy atom. The lowest BCUT2D eigenvalue weighted by Crippen LogP contribution is -2.16. The van der Waals surface area contributed by atoms with Gasteiger partial charge in [0.05, 0.1) is 0 Å². The summed E-state index contributed by atoms with van der Waals surface area (Å²) >= 11 is 0. The maximum atomic E-state index is 12.2. The fourth-order valence-corrected chi connectivity index (χ4v) is 1.04. The number of hydrogen-bond acceptors (Lipinski definition) is 5. The molecule has 8 heteroatoms. The highest BCUT2D eigenvalue weighted by atomic mass is 19.4. The van der Waals surface area contributed by atoms with Gasteiger partial charge in [-0.3, -0.25) is 10.4 Å². The minimum atomic E-state index is -4.54. The van der Waals surface area contributed by atoms with Crippen molar-refractivity contribution >= 4 is 11.4 Å². The molecule has 0 amide bonds. The number of alkyl halides is 3. The third-order valence-corrected chi connectivity index (χ3v) is 1.81. The molecule has 1 heterocycles. The predicted molar refractivity (Wildman–Crippen MR) is 53.3 cm³/mol. The van der Waals surface area contributed by atoms with E-state index in [4.69, 9.17) is 16.5 Å². The van der Waals surface area contributed by atoms with E-state index in [9.17, 15) is 13.2 Å². The maximum Gasteiger partial charge on any atom is 0.433 e. The monoisotopic (exact) mass is 241 g/mol. The number of nitrogens with one attached hydrogen (secondary N) is 1. The zero-order valence-electron chi connectivity index (χ0n) is 8.28. The topological polar surface area (TPSA) is 98.9 Å². The van der Waals surface area contributed by atoms with Crippen molar-refractivity contribution in [3.63, 3.8) is 0 Å². The molecule has 0 spiro atoms. The van der Waals surface area contributed by atoms with Crippen molar-refractivity contribution in [1.29, 1.82) is 10.7 Å². The van der Waals surface area contributed by atoms with Crippen LogP contribution in [-0.4, -0.2) is 16.4 Å². The standard InChI is InChI=1S/C9H6F3N5/c10-9(11,12)7-2-1-5(4-16-7)8(17-15)6(14)3-13/h1-2,4,14H,15H2. The number of nitriles is 1. The Labute approximate surface area is 93.9 Å². The molecule has 0 aromatic carbocycles. The summed E-state index contributed by atoms with van der Waals surface area (Å²) in [7, 11) is 0. The number of hydrazone groups is 1. The van der Waals surface area contributed by atoms with Gasteiger partial charge in [-0.25, -0.2) is 0 Å². The van der Waals surface area contributed by atoms with Crippen LogP contribution in [-0.2, 0) is 6.18 Å². The number of nitrogens with zero attached hydrogens (tertiary/aromatic N) is 3. The van der Waals surface area contributed by atoms with Crippen LogP contribution in [0, 0.1) is 16.7 Å². The Hall–Kier alpha value is -2.43. The third-order valence-electron chi connectivity index (χ3n) is 1.81. The molecule has 0 radical (unpaired) electrons. The van der Waals surface area contributed by atoms with Gasteiger partial charge in [0.25, 0.3) is 0 Å². The molecule has 0 bridgehead atoms. The van der Waals surface area contributed by atoms with E-state index >= 15 is 0 Å². The minimum Gasteiger partial charge on any atom is -0.323 e. The summed E-state index contributed by atoms with van der Waals surface area (Å²) in [5.74, 6) is 4.95. The first-order valence-electron chi connectivity index (χ1n) is 4.20. The van der Waals surface area contributed by atoms with Crippen molar-refractivity contribution in [2.24, 2.45) is 10.9 Å². The molecule has 3 N–H and O–H groups in total. The van der Waals surface area contributed by atoms with E-state index in [0.717, 1.165) is 18.3 Å². The van der Waals surface area contributed by atoms with Crippen LogP contribution in [0.4, 0.5) is 13.2 Å². The SMILES string of the molecule is N#CC(=N)C(=NN)c1ccc(C(F)(F)F)nc1. The van der Waals surface area contributed by atoms with E-state index in [1.807, 2.05) is 0 Å². The smallest absolute Gasteiger partial charge is 0.323 e. The number of nitrogens with two attached hydrogens (primary N) is 1. The summed E-state index contributed by atoms with van der Waals surface area (Å²) in [6.45, 7) is 0. The average Bonchev–Trinajstić information content (AvgIpc) is 2.29. The van der Waals surface area contributed by atoms with Gasteiger partial charge in [0.2, 0.25) is 0 Å². The van der Waals surface area contributed by atoms with Crippen molar-refractivity contribution in [3.8, 4) is 6.07 Å². The first-order valence-corrected chi connectivity index (χ1v) is 4.20. The molecule has 0 aliphatic rings. The van der Waals surface area contributed by atoms with Gasteiger partial charge in [-0.1, -0.05) is 0 Å². The largest absolute Gasteiger partial charge is 0.433 e. The highest BCUT2D eigenvalue weighted by Crippen LogP contribution is 2.27. The normalized spacial score (nSPS) is 12.0. The molecule has 0 atom stereocenters. The van der Waals surface area contributed by atoms with Crippen molar-refractivity contribution in [3.05, 3.63) is 29.6 Å². The second-order valence-corrected chi connectivity index (χ2v) is 2.89. The molecule has 0 aliphatic heterocycles. The quantitative estimate of drug-likeness (QED) is 0.463. The lowest BCUT2D eigenvalue weighted by atomic mass is 10.1. The van der Waals surface area contributed by atoms with Gasteiger partial charge in [-0.15, -0.1) is 0 Å². The van der Waals surface area contributed by atoms with Crippen LogP contribution in [0.2, 0.25) is 0 Å². The van der Waals surface area contributed by atoms with Crippen molar-refractivity contribution < 1.29 is 13.2 Å². The van der Waals surface area contributed by atoms with E-state index in [1.165, 1.54) is 6.07 Å². The summed E-state index contributed by atoms with van der Waals surface area (Å²) < 4.78 is 36.6. The van der Waals surface area contributed by atoms with Gasteiger partial charge < -0.3 is 5.84 Å². The van der Waals surface area contributed by atoms with Gasteiger partial charge in [0.15, 0.2) is 5.71 Å². The molecule has 0 unspecified atom stereocenters. The van der Waals surface area contributed by atoms with E-state index in [0.29, 0.717) is 0 Å². The molecule has 0 fully saturated rings. The van der Waals surface area contributed by atoms with Crippen molar-refractivity contribution in [2.75, 3.05) is 0 Å². The summed E-state index contributed by atoms with van der Waals surface area (Å²) in [6.07, 6.45) is -3.68. The zero-order chi connectivity index (χ0) is 13.1. The lowest BCUT2D eigenvalue weighted by molar-refractivity contribution is -0.141. The van der Waals surface area contributed by atoms with Crippen molar-refractivity contribution in [1.82, 2.24) is 4.98 Å². The van der Waals surface area contributed by atoms with Gasteiger partial charge in [0, 0.05) is 11.8 Å². The van der Waals surface area contributed by atoms with Crippen LogP contribution >= 0.6 is 0 Å². The molecule has 1 aromatic heterocycles. The van der Waals surface area contributed by atoms with Gasteiger partial charge in [0.1, 0.15) is 17.5 Å². The first-order chi connectivity index (χ1) is 7.90. The van der Waals surface area contributed by atoms with Crippen LogP contribution < -0.4 is 5.84 Å². The molecule has 17 heavy (non-hydrogen) atoms. The predicted octanol–water partition coefficient (Wildman–Crippen LogP) is 1.31. The zero-order valence-corrected chi connectivity index (χ0v) is 8.28. The first kappa shape index (κ1) is 12.6. The van der Waals surface area contributed by atoms with Crippen LogP contribution in [0.25, 0.3) is 0 Å². The molecule has 0 saturated carbocycles. The third kappa shape index (κ3) is 2.78. The lowest BCUT2D eigenvalue weighted by Gasteiger charge is -2.06. The van der Waals surface area contributed by atoms with Crippen molar-refractivity contribution in [2.45, 2.75) is 6.18 Å². The Morgan fingerprint density at radius 1 is 1.47 bits per heavy atom. The number of pyridine rings is 1. The summed E-state index contributed by atoms with van der Waals surface area (Å²) in [6, 6.07) is 3.26. The second-order valence-electron chi connectivity index (χ2n) is 2.89. The molecular formula is C9H6F3N5. The Bertz CT molecular complexity index is 495. The molecule has 1 rings (SSSR count). The van der Waals surface area contributed by atoms with Gasteiger partial charge in [-0.05, 0) is 12.1 Å². The fraction of sp³-hybridized carbons (Fsp3) is 0.111. The van der Waals surface area contributed by atoms with E-state index in [-0.39, 0.29) is 11.3 Å². The Kier molecular flexibility index (Phi) is 3.43. The van der Waals surface area contributed by atoms with E-state index < -0.39 is 17.6 Å². The number of aromatic nitrogens is 1. The second kappa shape index (κ2) is 4.61. The fourth-order valence-electron chi connectivity index (χ4n) is 1.04. The van der Waals surface area contributed by atoms with Crippen LogP contribution in [0.5, 0.6) is 0 Å². The number of rotatable bonds is 2. The molecule has 0 aliphatic carbocycles. The molecule has 88 valence electrons. The molecule has 5 nitrogen and oxygen atoms in total. The molecule has 1 aromatic rings. The number of halogens is 3. The van der Waals surface area contributed by atoms with E-state index in [2.05, 4.69) is 10.1 Å². The minimum absolute atomic E-state index is 0.0760. The summed E-state index contributed by atoms with van der Waals surface area (Å²) in [5.41, 5.74) is -1.75. The summed E-state index contributed by atoms with van der Waals surface area (Å²) in [4.78, 5) is 3.17. The van der Waals surface area contributed by atoms with Gasteiger partial charge >= 0.3 is 6.18 Å². The highest BCUT2D eigenvalue weighted by molar-refractivity contribution is 6.52. The Morgan fingerprint density at radius 3 is 2.47 bits per heavy atom. The summed E-state index contributed by atoms with van der Waals surface area (Å²) in [5, 5.41) is 18.8. The van der Waals surface area contributed by atoms with Crippen LogP contribution in [0.15, 0.2) is 23.4 Å². The van der Waals surface area contributed by atoms with Crippen LogP contribution in [0.3, 0.4) is 0 Å². The van der Waals surface area contributed by atoms with Crippen LogP contribution in [0.1, 0.15) is 11.3 Å². The maximum absolute atomic E-state index is 12.2. The van der Waals surface area contributed by atoms with E-state index in [1.54, 1.807) is 0 Å². The average molecular weight is 241 g/mol.